The predicted octanol–water partition coefficient (Wildman–Crippen LogP) is 2.03. The Hall–Kier alpha value is -1.38. The lowest BCUT2D eigenvalue weighted by atomic mass is 10.3. The average molecular weight is 174 g/mol. The molecular formula is C10H12N3. The molecule has 0 amide bonds. The normalized spacial score (nSPS) is 10.8. The highest BCUT2D eigenvalue weighted by Crippen LogP contribution is 2.10. The number of hydrogen-bond acceptors (Lipinski definition) is 2. The number of fused-ring (bicyclic) bond motifs is 1. The number of aryl methyl sites for hydroxylation is 1. The first-order chi connectivity index (χ1) is 6.42. The summed E-state index contributed by atoms with van der Waals surface area (Å²) in [5.41, 5.74) is 2.06. The maximum Gasteiger partial charge on any atom is 0.177 e. The number of hydrogen-bond donors (Lipinski definition) is 0. The van der Waals surface area contributed by atoms with E-state index in [1.54, 1.807) is 12.4 Å². The molecule has 0 fully saturated rings. The average Bonchev–Trinajstić information content (AvgIpc) is 2.58. The van der Waals surface area contributed by atoms with Crippen LogP contribution in [0, 0.1) is 6.33 Å². The lowest BCUT2D eigenvalue weighted by Crippen LogP contribution is -1.95. The maximum absolute atomic E-state index is 4.15. The minimum atomic E-state index is 0.929. The minimum Gasteiger partial charge on any atom is -0.321 e. The Morgan fingerprint density at radius 2 is 2.46 bits per heavy atom. The van der Waals surface area contributed by atoms with Crippen LogP contribution in [0.3, 0.4) is 0 Å². The Balaban J connectivity index is 2.35. The van der Waals surface area contributed by atoms with Crippen LogP contribution in [-0.4, -0.2) is 14.5 Å². The highest BCUT2D eigenvalue weighted by Gasteiger charge is 2.00. The van der Waals surface area contributed by atoms with Gasteiger partial charge in [-0.2, -0.15) is 0 Å². The van der Waals surface area contributed by atoms with E-state index in [1.165, 1.54) is 12.8 Å². The van der Waals surface area contributed by atoms with Crippen molar-refractivity contribution in [3.05, 3.63) is 24.8 Å². The van der Waals surface area contributed by atoms with Crippen LogP contribution in [-0.2, 0) is 6.54 Å². The standard InChI is InChI=1S/C10H12N3/c1-2-3-6-13-8-12-9-7-11-5-4-10(9)13/h4-5,7H,2-3,6H2,1H3. The van der Waals surface area contributed by atoms with Crippen LogP contribution in [0.1, 0.15) is 19.8 Å². The molecule has 0 atom stereocenters. The quantitative estimate of drug-likeness (QED) is 0.712. The zero-order valence-electron chi connectivity index (χ0n) is 7.70. The van der Waals surface area contributed by atoms with Gasteiger partial charge in [-0.05, 0) is 12.5 Å². The summed E-state index contributed by atoms with van der Waals surface area (Å²) in [5.74, 6) is 0. The molecular weight excluding hydrogens is 162 g/mol. The van der Waals surface area contributed by atoms with E-state index in [0.717, 1.165) is 17.6 Å². The van der Waals surface area contributed by atoms with Crippen molar-refractivity contribution in [3.63, 3.8) is 0 Å². The first-order valence-electron chi connectivity index (χ1n) is 4.59. The monoisotopic (exact) mass is 174 g/mol. The van der Waals surface area contributed by atoms with Gasteiger partial charge in [-0.3, -0.25) is 4.98 Å². The molecule has 0 saturated heterocycles. The summed E-state index contributed by atoms with van der Waals surface area (Å²) < 4.78 is 2.06. The molecule has 3 nitrogen and oxygen atoms in total. The van der Waals surface area contributed by atoms with E-state index < -0.39 is 0 Å². The van der Waals surface area contributed by atoms with E-state index in [1.807, 2.05) is 6.07 Å². The van der Waals surface area contributed by atoms with Gasteiger partial charge in [0, 0.05) is 12.7 Å². The van der Waals surface area contributed by atoms with Crippen molar-refractivity contribution in [2.24, 2.45) is 0 Å². The number of unbranched alkanes of at least 4 members (excludes halogenated alkanes) is 1. The van der Waals surface area contributed by atoms with Crippen LogP contribution >= 0.6 is 0 Å². The van der Waals surface area contributed by atoms with E-state index in [9.17, 15) is 0 Å². The van der Waals surface area contributed by atoms with Gasteiger partial charge in [0.15, 0.2) is 6.33 Å². The van der Waals surface area contributed by atoms with Crippen molar-refractivity contribution >= 4 is 11.0 Å². The molecule has 1 radical (unpaired) electrons. The summed E-state index contributed by atoms with van der Waals surface area (Å²) in [6.07, 6.45) is 8.90. The molecule has 2 rings (SSSR count). The van der Waals surface area contributed by atoms with Gasteiger partial charge in [-0.15, -0.1) is 0 Å². The van der Waals surface area contributed by atoms with Crippen molar-refractivity contribution in [1.82, 2.24) is 14.5 Å². The first kappa shape index (κ1) is 8.23. The summed E-state index contributed by atoms with van der Waals surface area (Å²) in [4.78, 5) is 8.16. The molecule has 0 N–H and O–H groups in total. The van der Waals surface area contributed by atoms with Crippen LogP contribution in [0.15, 0.2) is 18.5 Å². The highest BCUT2D eigenvalue weighted by molar-refractivity contribution is 5.73. The molecule has 0 spiro atoms. The van der Waals surface area contributed by atoms with Gasteiger partial charge in [0.1, 0.15) is 5.52 Å². The molecule has 2 aromatic heterocycles. The van der Waals surface area contributed by atoms with Gasteiger partial charge < -0.3 is 4.57 Å². The van der Waals surface area contributed by atoms with Crippen LogP contribution in [0.5, 0.6) is 0 Å². The first-order valence-corrected chi connectivity index (χ1v) is 4.59. The SMILES string of the molecule is CCCCn1[c]nc2cnccc21. The van der Waals surface area contributed by atoms with Crippen LogP contribution in [0.25, 0.3) is 11.0 Å². The van der Waals surface area contributed by atoms with E-state index in [2.05, 4.69) is 27.8 Å². The summed E-state index contributed by atoms with van der Waals surface area (Å²) >= 11 is 0. The Morgan fingerprint density at radius 3 is 3.31 bits per heavy atom. The fourth-order valence-corrected chi connectivity index (χ4v) is 1.35. The molecule has 67 valence electrons. The Kier molecular flexibility index (Phi) is 2.25. The molecule has 0 aliphatic heterocycles. The summed E-state index contributed by atoms with van der Waals surface area (Å²) in [6.45, 7) is 3.18. The van der Waals surface area contributed by atoms with Gasteiger partial charge in [0.25, 0.3) is 0 Å². The van der Waals surface area contributed by atoms with Gasteiger partial charge >= 0.3 is 0 Å². The fraction of sp³-hybridized carbons (Fsp3) is 0.400. The number of aromatic nitrogens is 3. The molecule has 0 saturated carbocycles. The molecule has 0 aromatic carbocycles. The smallest absolute Gasteiger partial charge is 0.177 e. The van der Waals surface area contributed by atoms with Crippen LogP contribution in [0.4, 0.5) is 0 Å². The Bertz CT molecular complexity index is 392. The van der Waals surface area contributed by atoms with Crippen molar-refractivity contribution < 1.29 is 0 Å². The number of imidazole rings is 1. The highest BCUT2D eigenvalue weighted by atomic mass is 15.0. The molecule has 0 unspecified atom stereocenters. The summed E-state index contributed by atoms with van der Waals surface area (Å²) in [7, 11) is 0. The lowest BCUT2D eigenvalue weighted by molar-refractivity contribution is 0.642. The Labute approximate surface area is 77.4 Å². The second kappa shape index (κ2) is 3.56. The van der Waals surface area contributed by atoms with Crippen molar-refractivity contribution in [3.8, 4) is 0 Å². The van der Waals surface area contributed by atoms with E-state index in [-0.39, 0.29) is 0 Å². The van der Waals surface area contributed by atoms with E-state index in [0.29, 0.717) is 0 Å². The second-order valence-corrected chi connectivity index (χ2v) is 3.08. The third kappa shape index (κ3) is 1.54. The molecule has 3 heteroatoms. The molecule has 13 heavy (non-hydrogen) atoms. The molecule has 2 aromatic rings. The largest absolute Gasteiger partial charge is 0.321 e. The van der Waals surface area contributed by atoms with Crippen molar-refractivity contribution in [2.75, 3.05) is 0 Å². The van der Waals surface area contributed by atoms with Gasteiger partial charge in [-0.25, -0.2) is 4.98 Å². The Morgan fingerprint density at radius 1 is 1.54 bits per heavy atom. The van der Waals surface area contributed by atoms with E-state index >= 15 is 0 Å². The predicted molar refractivity (Wildman–Crippen MR) is 51.3 cm³/mol. The summed E-state index contributed by atoms with van der Waals surface area (Å²) in [5, 5.41) is 0. The second-order valence-electron chi connectivity index (χ2n) is 3.08. The van der Waals surface area contributed by atoms with Gasteiger partial charge in [0.2, 0.25) is 0 Å². The third-order valence-electron chi connectivity index (χ3n) is 2.09. The lowest BCUT2D eigenvalue weighted by Gasteiger charge is -2.00. The van der Waals surface area contributed by atoms with Crippen LogP contribution < -0.4 is 0 Å². The topological polar surface area (TPSA) is 30.7 Å². The number of nitrogens with zero attached hydrogens (tertiary/aromatic N) is 3. The molecule has 0 bridgehead atoms. The number of pyridine rings is 1. The number of rotatable bonds is 3. The van der Waals surface area contributed by atoms with Crippen molar-refractivity contribution in [1.29, 1.82) is 0 Å². The molecule has 0 aliphatic rings. The molecule has 0 aliphatic carbocycles. The summed E-state index contributed by atoms with van der Waals surface area (Å²) in [6, 6.07) is 1.98. The van der Waals surface area contributed by atoms with Crippen LogP contribution in [0.2, 0.25) is 0 Å². The fourth-order valence-electron chi connectivity index (χ4n) is 1.35. The zero-order chi connectivity index (χ0) is 9.10. The maximum atomic E-state index is 4.15. The van der Waals surface area contributed by atoms with Gasteiger partial charge in [0.05, 0.1) is 11.7 Å². The van der Waals surface area contributed by atoms with E-state index in [4.69, 9.17) is 0 Å². The van der Waals surface area contributed by atoms with Crippen molar-refractivity contribution in [2.45, 2.75) is 26.3 Å². The zero-order valence-corrected chi connectivity index (χ0v) is 7.70. The molecule has 2 heterocycles. The van der Waals surface area contributed by atoms with Gasteiger partial charge in [-0.1, -0.05) is 13.3 Å². The third-order valence-corrected chi connectivity index (χ3v) is 2.09. The minimum absolute atomic E-state index is 0.929.